The number of hydrogen-bond donors (Lipinski definition) is 1. The molecule has 0 radical (unpaired) electrons. The maximum Gasteiger partial charge on any atom is 0.354 e. The van der Waals surface area contributed by atoms with E-state index in [1.54, 1.807) is 15.9 Å². The number of piperazine rings is 1. The Bertz CT molecular complexity index is 750. The quantitative estimate of drug-likeness (QED) is 0.909. The number of thiophene rings is 1. The van der Waals surface area contributed by atoms with Gasteiger partial charge in [-0.2, -0.15) is 11.3 Å². The standard InChI is InChI=1S/C16H15N3O4S/c20-14(11-1-2-13(16(22)23)17-9-11)18-4-6-19(7-5-18)15(21)12-3-8-24-10-12/h1-3,8-10H,4-7H2,(H,22,23). The molecule has 3 heterocycles. The fourth-order valence-corrected chi connectivity index (χ4v) is 3.14. The van der Waals surface area contributed by atoms with Crippen LogP contribution in [-0.2, 0) is 0 Å². The minimum Gasteiger partial charge on any atom is -0.477 e. The molecule has 1 fully saturated rings. The monoisotopic (exact) mass is 345 g/mol. The Morgan fingerprint density at radius 1 is 0.958 bits per heavy atom. The zero-order chi connectivity index (χ0) is 17.1. The Morgan fingerprint density at radius 2 is 1.58 bits per heavy atom. The highest BCUT2D eigenvalue weighted by Crippen LogP contribution is 2.13. The van der Waals surface area contributed by atoms with Gasteiger partial charge in [0.2, 0.25) is 0 Å². The van der Waals surface area contributed by atoms with Crippen LogP contribution in [0.1, 0.15) is 31.2 Å². The lowest BCUT2D eigenvalue weighted by molar-refractivity contribution is 0.0535. The first-order valence-corrected chi connectivity index (χ1v) is 8.30. The van der Waals surface area contributed by atoms with Gasteiger partial charge in [0.25, 0.3) is 11.8 Å². The number of carbonyl (C=O) groups is 3. The average molecular weight is 345 g/mol. The van der Waals surface area contributed by atoms with Crippen LogP contribution < -0.4 is 0 Å². The number of carboxylic acids is 1. The lowest BCUT2D eigenvalue weighted by atomic mass is 10.2. The minimum absolute atomic E-state index is 0.0178. The van der Waals surface area contributed by atoms with Crippen molar-refractivity contribution < 1.29 is 19.5 Å². The summed E-state index contributed by atoms with van der Waals surface area (Å²) in [6, 6.07) is 4.56. The summed E-state index contributed by atoms with van der Waals surface area (Å²) in [5, 5.41) is 12.5. The number of pyridine rings is 1. The zero-order valence-corrected chi connectivity index (χ0v) is 13.5. The Hall–Kier alpha value is -2.74. The molecule has 0 aromatic carbocycles. The maximum atomic E-state index is 12.4. The number of nitrogens with zero attached hydrogens (tertiary/aromatic N) is 3. The molecule has 0 spiro atoms. The van der Waals surface area contributed by atoms with Crippen molar-refractivity contribution in [2.24, 2.45) is 0 Å². The van der Waals surface area contributed by atoms with Gasteiger partial charge in [-0.3, -0.25) is 9.59 Å². The summed E-state index contributed by atoms with van der Waals surface area (Å²) in [5.74, 6) is -1.35. The summed E-state index contributed by atoms with van der Waals surface area (Å²) in [6.45, 7) is 1.83. The Labute approximate surface area is 142 Å². The van der Waals surface area contributed by atoms with E-state index < -0.39 is 5.97 Å². The van der Waals surface area contributed by atoms with E-state index in [0.717, 1.165) is 0 Å². The third-order valence-electron chi connectivity index (χ3n) is 3.85. The average Bonchev–Trinajstić information content (AvgIpc) is 3.15. The van der Waals surface area contributed by atoms with E-state index in [0.29, 0.717) is 37.3 Å². The molecular formula is C16H15N3O4S. The van der Waals surface area contributed by atoms with Crippen molar-refractivity contribution in [1.82, 2.24) is 14.8 Å². The van der Waals surface area contributed by atoms with Gasteiger partial charge < -0.3 is 14.9 Å². The van der Waals surface area contributed by atoms with E-state index in [9.17, 15) is 14.4 Å². The summed E-state index contributed by atoms with van der Waals surface area (Å²) in [4.78, 5) is 42.6. The molecule has 1 aliphatic rings. The first-order valence-electron chi connectivity index (χ1n) is 7.36. The molecule has 0 saturated carbocycles. The van der Waals surface area contributed by atoms with Crippen molar-refractivity contribution in [2.75, 3.05) is 26.2 Å². The van der Waals surface area contributed by atoms with E-state index in [1.807, 2.05) is 10.8 Å². The van der Waals surface area contributed by atoms with Gasteiger partial charge in [0.1, 0.15) is 5.69 Å². The second kappa shape index (κ2) is 6.79. The number of amides is 2. The Morgan fingerprint density at radius 3 is 2.04 bits per heavy atom. The molecule has 0 unspecified atom stereocenters. The topological polar surface area (TPSA) is 90.8 Å². The molecular weight excluding hydrogens is 330 g/mol. The molecule has 0 bridgehead atoms. The van der Waals surface area contributed by atoms with Crippen molar-refractivity contribution in [2.45, 2.75) is 0 Å². The van der Waals surface area contributed by atoms with Crippen LogP contribution in [0.25, 0.3) is 0 Å². The lowest BCUT2D eigenvalue weighted by Gasteiger charge is -2.34. The predicted molar refractivity (Wildman–Crippen MR) is 87.3 cm³/mol. The van der Waals surface area contributed by atoms with Gasteiger partial charge in [0.05, 0.1) is 11.1 Å². The van der Waals surface area contributed by atoms with Crippen molar-refractivity contribution in [1.29, 1.82) is 0 Å². The highest BCUT2D eigenvalue weighted by Gasteiger charge is 2.25. The molecule has 1 N–H and O–H groups in total. The first-order chi connectivity index (χ1) is 11.6. The summed E-state index contributed by atoms with van der Waals surface area (Å²) in [7, 11) is 0. The van der Waals surface area contributed by atoms with Gasteiger partial charge in [0, 0.05) is 37.8 Å². The van der Waals surface area contributed by atoms with Crippen LogP contribution in [-0.4, -0.2) is 63.9 Å². The van der Waals surface area contributed by atoms with Crippen molar-refractivity contribution >= 4 is 29.1 Å². The summed E-state index contributed by atoms with van der Waals surface area (Å²) in [5.41, 5.74) is 0.920. The summed E-state index contributed by atoms with van der Waals surface area (Å²) < 4.78 is 0. The second-order valence-electron chi connectivity index (χ2n) is 5.33. The molecule has 0 atom stereocenters. The molecule has 124 valence electrons. The number of aromatic nitrogens is 1. The highest BCUT2D eigenvalue weighted by molar-refractivity contribution is 7.08. The molecule has 3 rings (SSSR count). The van der Waals surface area contributed by atoms with E-state index in [1.165, 1.54) is 29.7 Å². The van der Waals surface area contributed by atoms with E-state index in [2.05, 4.69) is 4.98 Å². The smallest absolute Gasteiger partial charge is 0.354 e. The van der Waals surface area contributed by atoms with Crippen LogP contribution >= 0.6 is 11.3 Å². The van der Waals surface area contributed by atoms with Crippen LogP contribution in [0.4, 0.5) is 0 Å². The van der Waals surface area contributed by atoms with Gasteiger partial charge in [-0.25, -0.2) is 9.78 Å². The molecule has 0 aliphatic carbocycles. The fourth-order valence-electron chi connectivity index (χ4n) is 2.51. The molecule has 1 saturated heterocycles. The SMILES string of the molecule is O=C(O)c1ccc(C(=O)N2CCN(C(=O)c3ccsc3)CC2)cn1. The Balaban J connectivity index is 1.60. The maximum absolute atomic E-state index is 12.4. The largest absolute Gasteiger partial charge is 0.477 e. The highest BCUT2D eigenvalue weighted by atomic mass is 32.1. The molecule has 24 heavy (non-hydrogen) atoms. The van der Waals surface area contributed by atoms with Crippen molar-refractivity contribution in [3.05, 3.63) is 52.0 Å². The number of rotatable bonds is 3. The van der Waals surface area contributed by atoms with E-state index in [4.69, 9.17) is 5.11 Å². The first kappa shape index (κ1) is 16.1. The molecule has 2 aromatic rings. The van der Waals surface area contributed by atoms with Crippen molar-refractivity contribution in [3.63, 3.8) is 0 Å². The second-order valence-corrected chi connectivity index (χ2v) is 6.11. The number of aromatic carboxylic acids is 1. The van der Waals surface area contributed by atoms with Crippen LogP contribution in [0, 0.1) is 0 Å². The van der Waals surface area contributed by atoms with Crippen LogP contribution in [0.3, 0.4) is 0 Å². The summed E-state index contributed by atoms with van der Waals surface area (Å²) >= 11 is 1.48. The fraction of sp³-hybridized carbons (Fsp3) is 0.250. The van der Waals surface area contributed by atoms with Gasteiger partial charge in [-0.15, -0.1) is 0 Å². The molecule has 1 aliphatic heterocycles. The predicted octanol–water partition coefficient (Wildman–Crippen LogP) is 1.44. The Kier molecular flexibility index (Phi) is 4.57. The van der Waals surface area contributed by atoms with Gasteiger partial charge in [-0.05, 0) is 23.6 Å². The number of hydrogen-bond acceptors (Lipinski definition) is 5. The molecule has 2 amide bonds. The van der Waals surface area contributed by atoms with Gasteiger partial charge in [0.15, 0.2) is 0 Å². The van der Waals surface area contributed by atoms with Crippen LogP contribution in [0.2, 0.25) is 0 Å². The lowest BCUT2D eigenvalue weighted by Crippen LogP contribution is -2.50. The van der Waals surface area contributed by atoms with Gasteiger partial charge >= 0.3 is 5.97 Å². The van der Waals surface area contributed by atoms with Crippen LogP contribution in [0.15, 0.2) is 35.2 Å². The third kappa shape index (κ3) is 3.28. The minimum atomic E-state index is -1.13. The van der Waals surface area contributed by atoms with Gasteiger partial charge in [-0.1, -0.05) is 0 Å². The van der Waals surface area contributed by atoms with E-state index >= 15 is 0 Å². The zero-order valence-electron chi connectivity index (χ0n) is 12.7. The number of carbonyl (C=O) groups excluding carboxylic acids is 2. The third-order valence-corrected chi connectivity index (χ3v) is 4.54. The number of carboxylic acid groups (broad SMARTS) is 1. The molecule has 7 nitrogen and oxygen atoms in total. The molecule has 8 heteroatoms. The molecule has 2 aromatic heterocycles. The normalized spacial score (nSPS) is 14.5. The summed E-state index contributed by atoms with van der Waals surface area (Å²) in [6.07, 6.45) is 1.27. The van der Waals surface area contributed by atoms with Crippen LogP contribution in [0.5, 0.6) is 0 Å². The van der Waals surface area contributed by atoms with E-state index in [-0.39, 0.29) is 17.5 Å². The van der Waals surface area contributed by atoms with Crippen molar-refractivity contribution in [3.8, 4) is 0 Å².